The summed E-state index contributed by atoms with van der Waals surface area (Å²) in [6.45, 7) is 4.95. The molecule has 1 aromatic heterocycles. The molecule has 0 N–H and O–H groups in total. The molecule has 19 heavy (non-hydrogen) atoms. The quantitative estimate of drug-likeness (QED) is 0.475. The third kappa shape index (κ3) is 3.14. The molecule has 0 aliphatic rings. The van der Waals surface area contributed by atoms with Gasteiger partial charge in [-0.25, -0.2) is 4.98 Å². The number of thioether (sulfide) groups is 1. The molecule has 0 saturated carbocycles. The Hall–Kier alpha value is -1.82. The van der Waals surface area contributed by atoms with Gasteiger partial charge in [-0.1, -0.05) is 23.9 Å². The van der Waals surface area contributed by atoms with E-state index >= 15 is 0 Å². The van der Waals surface area contributed by atoms with Crippen LogP contribution < -0.4 is 0 Å². The maximum Gasteiger partial charge on any atom is 0.269 e. The van der Waals surface area contributed by atoms with Crippen molar-refractivity contribution >= 4 is 17.4 Å². The lowest BCUT2D eigenvalue weighted by Gasteiger charge is -2.11. The van der Waals surface area contributed by atoms with Crippen molar-refractivity contribution < 1.29 is 4.92 Å². The summed E-state index contributed by atoms with van der Waals surface area (Å²) in [5, 5.41) is 11.8. The van der Waals surface area contributed by atoms with E-state index in [-0.39, 0.29) is 15.9 Å². The van der Waals surface area contributed by atoms with Crippen LogP contribution in [0.1, 0.15) is 24.7 Å². The molecule has 2 aromatic rings. The molecule has 0 radical (unpaired) electrons. The average molecular weight is 277 g/mol. The van der Waals surface area contributed by atoms with E-state index in [4.69, 9.17) is 0 Å². The van der Waals surface area contributed by atoms with Gasteiger partial charge in [0.15, 0.2) is 5.16 Å². The second kappa shape index (κ2) is 5.88. The lowest BCUT2D eigenvalue weighted by molar-refractivity contribution is -0.384. The molecule has 6 heteroatoms. The molecule has 0 fully saturated rings. The van der Waals surface area contributed by atoms with Crippen molar-refractivity contribution in [2.45, 2.75) is 30.8 Å². The Labute approximate surface area is 115 Å². The van der Waals surface area contributed by atoms with Gasteiger partial charge in [0.1, 0.15) is 0 Å². The monoisotopic (exact) mass is 277 g/mol. The molecule has 0 saturated heterocycles. The Balaban J connectivity index is 2.18. The van der Waals surface area contributed by atoms with Crippen LogP contribution in [-0.2, 0) is 6.54 Å². The molecule has 5 nitrogen and oxygen atoms in total. The van der Waals surface area contributed by atoms with Crippen molar-refractivity contribution in [2.24, 2.45) is 0 Å². The van der Waals surface area contributed by atoms with Gasteiger partial charge in [-0.15, -0.1) is 0 Å². The van der Waals surface area contributed by atoms with Crippen molar-refractivity contribution in [3.63, 3.8) is 0 Å². The molecule has 0 amide bonds. The van der Waals surface area contributed by atoms with E-state index in [0.29, 0.717) is 0 Å². The predicted molar refractivity (Wildman–Crippen MR) is 75.3 cm³/mol. The highest BCUT2D eigenvalue weighted by atomic mass is 32.2. The first-order valence-corrected chi connectivity index (χ1v) is 6.92. The van der Waals surface area contributed by atoms with E-state index in [1.54, 1.807) is 30.1 Å². The third-order valence-corrected chi connectivity index (χ3v) is 4.03. The van der Waals surface area contributed by atoms with E-state index in [2.05, 4.69) is 16.5 Å². The van der Waals surface area contributed by atoms with Gasteiger partial charge in [-0.2, -0.15) is 0 Å². The average Bonchev–Trinajstić information content (AvgIpc) is 2.86. The zero-order valence-corrected chi connectivity index (χ0v) is 11.6. The van der Waals surface area contributed by atoms with Gasteiger partial charge in [0.2, 0.25) is 0 Å². The number of aromatic nitrogens is 2. The summed E-state index contributed by atoms with van der Waals surface area (Å²) in [7, 11) is 0. The van der Waals surface area contributed by atoms with Crippen LogP contribution in [0.2, 0.25) is 0 Å². The SMILES string of the molecule is CCn1ccnc1SC(C)c1cccc([N+](=O)[O-])c1. The molecule has 2 rings (SSSR count). The van der Waals surface area contributed by atoms with Gasteiger partial charge < -0.3 is 4.57 Å². The normalized spacial score (nSPS) is 12.3. The molecule has 100 valence electrons. The van der Waals surface area contributed by atoms with Crippen molar-refractivity contribution in [1.29, 1.82) is 0 Å². The van der Waals surface area contributed by atoms with Gasteiger partial charge in [-0.05, 0) is 19.4 Å². The number of rotatable bonds is 5. The minimum Gasteiger partial charge on any atom is -0.326 e. The van der Waals surface area contributed by atoms with Crippen molar-refractivity contribution in [3.05, 3.63) is 52.3 Å². The maximum absolute atomic E-state index is 10.8. The van der Waals surface area contributed by atoms with Gasteiger partial charge in [0.25, 0.3) is 5.69 Å². The minimum atomic E-state index is -0.367. The van der Waals surface area contributed by atoms with Crippen molar-refractivity contribution in [3.8, 4) is 0 Å². The predicted octanol–water partition coefficient (Wildman–Crippen LogP) is 3.66. The molecule has 0 bridgehead atoms. The summed E-state index contributed by atoms with van der Waals surface area (Å²) in [6, 6.07) is 6.76. The van der Waals surface area contributed by atoms with Crippen LogP contribution in [0.4, 0.5) is 5.69 Å². The fourth-order valence-corrected chi connectivity index (χ4v) is 2.82. The topological polar surface area (TPSA) is 61.0 Å². The molecular formula is C13H15N3O2S. The Bertz CT molecular complexity index is 583. The number of hydrogen-bond acceptors (Lipinski definition) is 4. The number of nitrogens with zero attached hydrogens (tertiary/aromatic N) is 3. The molecule has 1 unspecified atom stereocenters. The van der Waals surface area contributed by atoms with E-state index in [9.17, 15) is 10.1 Å². The zero-order valence-electron chi connectivity index (χ0n) is 10.8. The first kappa shape index (κ1) is 13.6. The maximum atomic E-state index is 10.8. The molecule has 1 atom stereocenters. The second-order valence-electron chi connectivity index (χ2n) is 4.11. The highest BCUT2D eigenvalue weighted by molar-refractivity contribution is 7.99. The van der Waals surface area contributed by atoms with Crippen LogP contribution in [-0.4, -0.2) is 14.5 Å². The summed E-state index contributed by atoms with van der Waals surface area (Å²) in [5.41, 5.74) is 1.06. The van der Waals surface area contributed by atoms with E-state index in [1.165, 1.54) is 6.07 Å². The minimum absolute atomic E-state index is 0.118. The van der Waals surface area contributed by atoms with Gasteiger partial charge >= 0.3 is 0 Å². The summed E-state index contributed by atoms with van der Waals surface area (Å²) in [6.07, 6.45) is 3.70. The number of imidazole rings is 1. The standard InChI is InChI=1S/C13H15N3O2S/c1-3-15-8-7-14-13(15)19-10(2)11-5-4-6-12(9-11)16(17)18/h4-10H,3H2,1-2H3. The Morgan fingerprint density at radius 1 is 1.53 bits per heavy atom. The van der Waals surface area contributed by atoms with Crippen LogP contribution in [0, 0.1) is 10.1 Å². The number of nitro benzene ring substituents is 1. The van der Waals surface area contributed by atoms with E-state index < -0.39 is 0 Å². The van der Waals surface area contributed by atoms with Gasteiger partial charge in [-0.3, -0.25) is 10.1 Å². The summed E-state index contributed by atoms with van der Waals surface area (Å²) in [4.78, 5) is 14.7. The first-order chi connectivity index (χ1) is 9.11. The van der Waals surface area contributed by atoms with Crippen molar-refractivity contribution in [1.82, 2.24) is 9.55 Å². The van der Waals surface area contributed by atoms with Crippen LogP contribution in [0.25, 0.3) is 0 Å². The van der Waals surface area contributed by atoms with Crippen molar-refractivity contribution in [2.75, 3.05) is 0 Å². The van der Waals surface area contributed by atoms with E-state index in [1.807, 2.05) is 19.2 Å². The number of aryl methyl sites for hydroxylation is 1. The lowest BCUT2D eigenvalue weighted by Crippen LogP contribution is -1.97. The molecule has 1 aromatic carbocycles. The smallest absolute Gasteiger partial charge is 0.269 e. The fourth-order valence-electron chi connectivity index (χ4n) is 1.77. The summed E-state index contributed by atoms with van der Waals surface area (Å²) < 4.78 is 2.05. The highest BCUT2D eigenvalue weighted by Crippen LogP contribution is 2.34. The Morgan fingerprint density at radius 2 is 2.32 bits per heavy atom. The molecule has 0 spiro atoms. The van der Waals surface area contributed by atoms with E-state index in [0.717, 1.165) is 17.3 Å². The number of hydrogen-bond donors (Lipinski definition) is 0. The molecule has 0 aliphatic carbocycles. The van der Waals surface area contributed by atoms with Crippen LogP contribution in [0.3, 0.4) is 0 Å². The summed E-state index contributed by atoms with van der Waals surface area (Å²) >= 11 is 1.60. The highest BCUT2D eigenvalue weighted by Gasteiger charge is 2.14. The number of non-ortho nitro benzene ring substituents is 1. The largest absolute Gasteiger partial charge is 0.326 e. The Kier molecular flexibility index (Phi) is 4.21. The number of benzene rings is 1. The number of nitro groups is 1. The van der Waals surface area contributed by atoms with Crippen LogP contribution in [0.15, 0.2) is 41.8 Å². The fraction of sp³-hybridized carbons (Fsp3) is 0.308. The lowest BCUT2D eigenvalue weighted by atomic mass is 10.1. The van der Waals surface area contributed by atoms with Crippen LogP contribution in [0.5, 0.6) is 0 Å². The zero-order chi connectivity index (χ0) is 13.8. The summed E-state index contributed by atoms with van der Waals surface area (Å²) in [5.74, 6) is 0. The first-order valence-electron chi connectivity index (χ1n) is 6.04. The third-order valence-electron chi connectivity index (χ3n) is 2.85. The van der Waals surface area contributed by atoms with Crippen LogP contribution >= 0.6 is 11.8 Å². The second-order valence-corrected chi connectivity index (χ2v) is 5.42. The molecule has 1 heterocycles. The molecular weight excluding hydrogens is 262 g/mol. The molecule has 0 aliphatic heterocycles. The Morgan fingerprint density at radius 3 is 3.00 bits per heavy atom. The van der Waals surface area contributed by atoms with Gasteiger partial charge in [0, 0.05) is 36.3 Å². The van der Waals surface area contributed by atoms with Gasteiger partial charge in [0.05, 0.1) is 4.92 Å².